The van der Waals surface area contributed by atoms with Crippen molar-refractivity contribution >= 4 is 29.5 Å². The molecular weight excluding hydrogens is 446 g/mol. The number of carbonyl (C=O) groups excluding carboxylic acids is 4. The molecule has 2 aromatic rings. The molecule has 3 rings (SSSR count). The normalized spacial score (nSPS) is 13.2. The Morgan fingerprint density at radius 3 is 2.24 bits per heavy atom. The second kappa shape index (κ2) is 10.2. The van der Waals surface area contributed by atoms with Crippen molar-refractivity contribution in [3.8, 4) is 11.5 Å². The summed E-state index contributed by atoms with van der Waals surface area (Å²) < 4.78 is 25.7. The predicted molar refractivity (Wildman–Crippen MR) is 119 cm³/mol. The lowest BCUT2D eigenvalue weighted by Gasteiger charge is -2.18. The third-order valence-corrected chi connectivity index (χ3v) is 4.82. The summed E-state index contributed by atoms with van der Waals surface area (Å²) in [7, 11) is 2.37. The van der Waals surface area contributed by atoms with Crippen molar-refractivity contribution < 1.29 is 42.9 Å². The van der Waals surface area contributed by atoms with Crippen molar-refractivity contribution in [1.82, 2.24) is 0 Å². The average Bonchev–Trinajstić information content (AvgIpc) is 3.14. The lowest BCUT2D eigenvalue weighted by Crippen LogP contribution is -2.25. The minimum atomic E-state index is -0.761. The van der Waals surface area contributed by atoms with E-state index in [2.05, 4.69) is 14.8 Å². The number of para-hydroxylation sites is 1. The van der Waals surface area contributed by atoms with Crippen molar-refractivity contribution in [3.05, 3.63) is 53.1 Å². The van der Waals surface area contributed by atoms with Crippen LogP contribution >= 0.6 is 0 Å². The molecule has 0 fully saturated rings. The number of amides is 1. The highest BCUT2D eigenvalue weighted by Crippen LogP contribution is 2.41. The van der Waals surface area contributed by atoms with Crippen LogP contribution in [-0.4, -0.2) is 56.8 Å². The smallest absolute Gasteiger partial charge is 0.344 e. The fourth-order valence-electron chi connectivity index (χ4n) is 3.39. The van der Waals surface area contributed by atoms with Crippen LogP contribution in [0.1, 0.15) is 40.1 Å². The molecule has 180 valence electrons. The monoisotopic (exact) mass is 471 g/mol. The molecule has 0 spiro atoms. The molecule has 10 nitrogen and oxygen atoms in total. The topological polar surface area (TPSA) is 126 Å². The van der Waals surface area contributed by atoms with E-state index < -0.39 is 37.0 Å². The van der Waals surface area contributed by atoms with E-state index in [-0.39, 0.29) is 22.4 Å². The van der Waals surface area contributed by atoms with Gasteiger partial charge in [-0.25, -0.2) is 14.4 Å². The van der Waals surface area contributed by atoms with Crippen LogP contribution in [0.2, 0.25) is 0 Å². The number of esters is 3. The largest absolute Gasteiger partial charge is 0.483 e. The zero-order valence-corrected chi connectivity index (χ0v) is 19.3. The molecule has 34 heavy (non-hydrogen) atoms. The van der Waals surface area contributed by atoms with Crippen molar-refractivity contribution in [2.24, 2.45) is 0 Å². The SMILES string of the molecule is COC(=O)c1cc(NC(=O)COC(=O)COc2cccc3c2OC(C)(C)C3)cc(C(=O)OC)c1. The minimum Gasteiger partial charge on any atom is -0.483 e. The zero-order valence-electron chi connectivity index (χ0n) is 19.3. The van der Waals surface area contributed by atoms with Crippen molar-refractivity contribution in [1.29, 1.82) is 0 Å². The summed E-state index contributed by atoms with van der Waals surface area (Å²) in [6.45, 7) is 2.89. The number of hydrogen-bond donors (Lipinski definition) is 1. The number of benzene rings is 2. The Balaban J connectivity index is 1.56. The first-order chi connectivity index (χ1) is 16.1. The van der Waals surface area contributed by atoms with Crippen molar-refractivity contribution in [2.45, 2.75) is 25.9 Å². The molecular formula is C24H25NO9. The van der Waals surface area contributed by atoms with Crippen LogP contribution in [-0.2, 0) is 30.2 Å². The Bertz CT molecular complexity index is 1090. The summed E-state index contributed by atoms with van der Waals surface area (Å²) in [5, 5.41) is 2.46. The van der Waals surface area contributed by atoms with Crippen LogP contribution in [0.25, 0.3) is 0 Å². The molecule has 1 amide bonds. The van der Waals surface area contributed by atoms with Gasteiger partial charge in [0.05, 0.1) is 25.3 Å². The number of rotatable bonds is 8. The fourth-order valence-corrected chi connectivity index (χ4v) is 3.39. The van der Waals surface area contributed by atoms with E-state index in [0.717, 1.165) is 12.0 Å². The van der Waals surface area contributed by atoms with E-state index in [1.54, 1.807) is 6.07 Å². The quantitative estimate of drug-likeness (QED) is 0.456. The van der Waals surface area contributed by atoms with Gasteiger partial charge in [0.25, 0.3) is 5.91 Å². The zero-order chi connectivity index (χ0) is 24.9. The van der Waals surface area contributed by atoms with Crippen LogP contribution in [0.4, 0.5) is 5.69 Å². The maximum Gasteiger partial charge on any atom is 0.344 e. The Morgan fingerprint density at radius 1 is 0.971 bits per heavy atom. The van der Waals surface area contributed by atoms with Crippen molar-refractivity contribution in [2.75, 3.05) is 32.8 Å². The number of ether oxygens (including phenoxy) is 5. The summed E-state index contributed by atoms with van der Waals surface area (Å²) >= 11 is 0. The van der Waals surface area contributed by atoms with Crippen molar-refractivity contribution in [3.63, 3.8) is 0 Å². The molecule has 0 radical (unpaired) electrons. The van der Waals surface area contributed by atoms with Gasteiger partial charge in [0, 0.05) is 17.7 Å². The van der Waals surface area contributed by atoms with Gasteiger partial charge in [-0.15, -0.1) is 0 Å². The second-order valence-electron chi connectivity index (χ2n) is 8.06. The van der Waals surface area contributed by atoms with Crippen LogP contribution in [0.5, 0.6) is 11.5 Å². The summed E-state index contributed by atoms with van der Waals surface area (Å²) in [6.07, 6.45) is 0.721. The first-order valence-electron chi connectivity index (χ1n) is 10.3. The van der Waals surface area contributed by atoms with E-state index in [1.165, 1.54) is 32.4 Å². The molecule has 10 heteroatoms. The molecule has 1 aliphatic heterocycles. The van der Waals surface area contributed by atoms with E-state index >= 15 is 0 Å². The average molecular weight is 471 g/mol. The van der Waals surface area contributed by atoms with Gasteiger partial charge in [-0.1, -0.05) is 12.1 Å². The van der Waals surface area contributed by atoms with E-state index in [4.69, 9.17) is 14.2 Å². The summed E-state index contributed by atoms with van der Waals surface area (Å²) in [5.41, 5.74) is 0.814. The van der Waals surface area contributed by atoms with Crippen LogP contribution in [0, 0.1) is 0 Å². The molecule has 0 aliphatic carbocycles. The Hall–Kier alpha value is -4.08. The van der Waals surface area contributed by atoms with Crippen LogP contribution in [0.3, 0.4) is 0 Å². The molecule has 0 saturated carbocycles. The van der Waals surface area contributed by atoms with Gasteiger partial charge < -0.3 is 29.0 Å². The Kier molecular flexibility index (Phi) is 7.40. The highest BCUT2D eigenvalue weighted by atomic mass is 16.6. The molecule has 0 saturated heterocycles. The molecule has 1 heterocycles. The number of nitrogens with one attached hydrogen (secondary N) is 1. The molecule has 1 aliphatic rings. The van der Waals surface area contributed by atoms with Gasteiger partial charge >= 0.3 is 17.9 Å². The number of fused-ring (bicyclic) bond motifs is 1. The van der Waals surface area contributed by atoms with Gasteiger partial charge in [-0.05, 0) is 38.1 Å². The fraction of sp³-hybridized carbons (Fsp3) is 0.333. The number of anilines is 1. The molecule has 0 atom stereocenters. The van der Waals surface area contributed by atoms with Gasteiger partial charge in [-0.2, -0.15) is 0 Å². The maximum absolute atomic E-state index is 12.2. The molecule has 0 unspecified atom stereocenters. The Morgan fingerprint density at radius 2 is 1.62 bits per heavy atom. The second-order valence-corrected chi connectivity index (χ2v) is 8.06. The molecule has 1 N–H and O–H groups in total. The van der Waals surface area contributed by atoms with Gasteiger partial charge in [0.2, 0.25) is 0 Å². The Labute approximate surface area is 196 Å². The van der Waals surface area contributed by atoms with Gasteiger partial charge in [0.1, 0.15) is 5.60 Å². The van der Waals surface area contributed by atoms with Crippen LogP contribution < -0.4 is 14.8 Å². The highest BCUT2D eigenvalue weighted by Gasteiger charge is 2.32. The third-order valence-electron chi connectivity index (χ3n) is 4.82. The van der Waals surface area contributed by atoms with E-state index in [0.29, 0.717) is 11.5 Å². The summed E-state index contributed by atoms with van der Waals surface area (Å²) in [4.78, 5) is 48.0. The molecule has 0 aromatic heterocycles. The maximum atomic E-state index is 12.2. The number of carbonyl (C=O) groups is 4. The number of methoxy groups -OCH3 is 2. The lowest BCUT2D eigenvalue weighted by atomic mass is 10.0. The van der Waals surface area contributed by atoms with Gasteiger partial charge in [0.15, 0.2) is 24.7 Å². The predicted octanol–water partition coefficient (Wildman–Crippen LogP) is 2.53. The van der Waals surface area contributed by atoms with E-state index in [9.17, 15) is 19.2 Å². The third kappa shape index (κ3) is 6.03. The van der Waals surface area contributed by atoms with Crippen LogP contribution in [0.15, 0.2) is 36.4 Å². The standard InChI is InChI=1S/C24H25NO9/c1-24(2)11-14-6-5-7-18(21(14)34-24)32-13-20(27)33-12-19(26)25-17-9-15(22(28)30-3)8-16(10-17)23(29)31-4/h5-10H,11-13H2,1-4H3,(H,25,26). The highest BCUT2D eigenvalue weighted by molar-refractivity contribution is 6.00. The van der Waals surface area contributed by atoms with E-state index in [1.807, 2.05) is 26.0 Å². The summed E-state index contributed by atoms with van der Waals surface area (Å²) in [6, 6.07) is 9.34. The van der Waals surface area contributed by atoms with Gasteiger partial charge in [-0.3, -0.25) is 4.79 Å². The molecule has 0 bridgehead atoms. The first kappa shape index (κ1) is 24.6. The summed E-state index contributed by atoms with van der Waals surface area (Å²) in [5.74, 6) is -1.85. The lowest BCUT2D eigenvalue weighted by molar-refractivity contribution is -0.149. The first-order valence-corrected chi connectivity index (χ1v) is 10.3. The number of hydrogen-bond acceptors (Lipinski definition) is 9. The molecule has 2 aromatic carbocycles. The minimum absolute atomic E-state index is 0.0342.